The second-order valence-corrected chi connectivity index (χ2v) is 7.43. The van der Waals surface area contributed by atoms with Crippen molar-refractivity contribution in [1.82, 2.24) is 10.6 Å². The number of hydrogen-bond donors (Lipinski definition) is 4. The standard InChI is InChI=1S/C22H23ClFN3O4/c23-15-7-5-14(6-8-15)12-25-21(29)11-16-9-10-19(20(13-28)31-16)27-22(30)26-18-4-2-1-3-17(18)24/h1-10,16,19-20,28H,11-13H2,(H,25,29)(H2,26,27,30)/t16-,19-,20+/m1/s1. The van der Waals surface area contributed by atoms with E-state index in [9.17, 15) is 19.1 Å². The van der Waals surface area contributed by atoms with Crippen LogP contribution < -0.4 is 16.0 Å². The summed E-state index contributed by atoms with van der Waals surface area (Å²) >= 11 is 5.84. The molecular formula is C22H23ClFN3O4. The Kier molecular flexibility index (Phi) is 8.00. The highest BCUT2D eigenvalue weighted by molar-refractivity contribution is 6.30. The molecule has 3 rings (SSSR count). The Bertz CT molecular complexity index is 939. The van der Waals surface area contributed by atoms with Gasteiger partial charge in [-0.25, -0.2) is 9.18 Å². The molecule has 1 heterocycles. The number of hydrogen-bond acceptors (Lipinski definition) is 4. The lowest BCUT2D eigenvalue weighted by molar-refractivity contribution is -0.125. The summed E-state index contributed by atoms with van der Waals surface area (Å²) in [5.74, 6) is -0.776. The summed E-state index contributed by atoms with van der Waals surface area (Å²) in [6.07, 6.45) is 2.08. The van der Waals surface area contributed by atoms with Crippen molar-refractivity contribution in [2.24, 2.45) is 0 Å². The van der Waals surface area contributed by atoms with Gasteiger partial charge in [0.1, 0.15) is 11.9 Å². The maximum atomic E-state index is 13.7. The number of aliphatic hydroxyl groups excluding tert-OH is 1. The summed E-state index contributed by atoms with van der Waals surface area (Å²) in [6.45, 7) is -0.00581. The highest BCUT2D eigenvalue weighted by Crippen LogP contribution is 2.17. The monoisotopic (exact) mass is 447 g/mol. The van der Waals surface area contributed by atoms with Gasteiger partial charge in [0.05, 0.1) is 30.9 Å². The van der Waals surface area contributed by atoms with Crippen LogP contribution in [0.2, 0.25) is 5.02 Å². The molecule has 3 amide bonds. The number of anilines is 1. The van der Waals surface area contributed by atoms with Crippen molar-refractivity contribution < 1.29 is 23.8 Å². The average Bonchev–Trinajstić information content (AvgIpc) is 2.76. The summed E-state index contributed by atoms with van der Waals surface area (Å²) < 4.78 is 19.4. The summed E-state index contributed by atoms with van der Waals surface area (Å²) in [6, 6.07) is 11.7. The number of rotatable bonds is 7. The van der Waals surface area contributed by atoms with E-state index in [1.165, 1.54) is 18.2 Å². The Morgan fingerprint density at radius 3 is 2.55 bits per heavy atom. The second-order valence-electron chi connectivity index (χ2n) is 6.99. The minimum absolute atomic E-state index is 0.0384. The van der Waals surface area contributed by atoms with Gasteiger partial charge in [-0.1, -0.05) is 48.0 Å². The summed E-state index contributed by atoms with van der Waals surface area (Å²) in [4.78, 5) is 24.4. The van der Waals surface area contributed by atoms with Gasteiger partial charge in [0.25, 0.3) is 0 Å². The van der Waals surface area contributed by atoms with E-state index in [1.807, 2.05) is 12.1 Å². The number of nitrogens with one attached hydrogen (secondary N) is 3. The van der Waals surface area contributed by atoms with E-state index in [0.29, 0.717) is 11.6 Å². The minimum Gasteiger partial charge on any atom is -0.394 e. The van der Waals surface area contributed by atoms with Crippen LogP contribution in [0.15, 0.2) is 60.7 Å². The van der Waals surface area contributed by atoms with Crippen LogP contribution in [0, 0.1) is 5.82 Å². The van der Waals surface area contributed by atoms with Gasteiger partial charge in [-0.3, -0.25) is 4.79 Å². The molecule has 0 spiro atoms. The van der Waals surface area contributed by atoms with Crippen molar-refractivity contribution >= 4 is 29.2 Å². The summed E-state index contributed by atoms with van der Waals surface area (Å²) in [7, 11) is 0. The zero-order chi connectivity index (χ0) is 22.2. The predicted octanol–water partition coefficient (Wildman–Crippen LogP) is 2.99. The van der Waals surface area contributed by atoms with Crippen molar-refractivity contribution in [1.29, 1.82) is 0 Å². The molecule has 1 aliphatic rings. The quantitative estimate of drug-likeness (QED) is 0.490. The minimum atomic E-state index is -0.745. The van der Waals surface area contributed by atoms with Crippen LogP contribution in [0.5, 0.6) is 0 Å². The normalized spacial score (nSPS) is 20.2. The molecule has 1 aliphatic heterocycles. The Morgan fingerprint density at radius 2 is 1.84 bits per heavy atom. The first-order valence-corrected chi connectivity index (χ1v) is 10.1. The number of benzene rings is 2. The second kappa shape index (κ2) is 10.9. The van der Waals surface area contributed by atoms with Gasteiger partial charge < -0.3 is 25.8 Å². The molecule has 4 N–H and O–H groups in total. The van der Waals surface area contributed by atoms with E-state index in [1.54, 1.807) is 30.4 Å². The number of ether oxygens (including phenoxy) is 1. The number of aliphatic hydroxyl groups is 1. The third-order valence-corrected chi connectivity index (χ3v) is 4.92. The van der Waals surface area contributed by atoms with Gasteiger partial charge in [0, 0.05) is 11.6 Å². The molecule has 0 aliphatic carbocycles. The van der Waals surface area contributed by atoms with Crippen LogP contribution >= 0.6 is 11.6 Å². The molecule has 3 atom stereocenters. The van der Waals surface area contributed by atoms with Gasteiger partial charge >= 0.3 is 6.03 Å². The molecule has 0 saturated carbocycles. The molecule has 0 bridgehead atoms. The Labute approximate surface area is 184 Å². The SMILES string of the molecule is O=C(C[C@H]1C=C[C@@H](NC(=O)Nc2ccccc2F)[C@H](CO)O1)NCc1ccc(Cl)cc1. The Hall–Kier alpha value is -2.94. The molecule has 7 nitrogen and oxygen atoms in total. The molecule has 31 heavy (non-hydrogen) atoms. The highest BCUT2D eigenvalue weighted by Gasteiger charge is 2.29. The third kappa shape index (κ3) is 6.78. The van der Waals surface area contributed by atoms with Gasteiger partial charge in [0.15, 0.2) is 0 Å². The van der Waals surface area contributed by atoms with Crippen molar-refractivity contribution in [3.63, 3.8) is 0 Å². The number of halogens is 2. The summed E-state index contributed by atoms with van der Waals surface area (Å²) in [5.41, 5.74) is 0.952. The zero-order valence-electron chi connectivity index (χ0n) is 16.6. The molecular weight excluding hydrogens is 425 g/mol. The van der Waals surface area contributed by atoms with E-state index >= 15 is 0 Å². The average molecular weight is 448 g/mol. The number of carbonyl (C=O) groups is 2. The van der Waals surface area contributed by atoms with Crippen LogP contribution in [-0.2, 0) is 16.1 Å². The molecule has 164 valence electrons. The summed E-state index contributed by atoms with van der Waals surface area (Å²) in [5, 5.41) is 18.1. The molecule has 2 aromatic rings. The van der Waals surface area contributed by atoms with Gasteiger partial charge in [-0.2, -0.15) is 0 Å². The van der Waals surface area contributed by atoms with Gasteiger partial charge in [-0.15, -0.1) is 0 Å². The van der Waals surface area contributed by atoms with Crippen LogP contribution in [0.3, 0.4) is 0 Å². The first-order chi connectivity index (χ1) is 14.9. The smallest absolute Gasteiger partial charge is 0.319 e. The Morgan fingerprint density at radius 1 is 1.10 bits per heavy atom. The number of para-hydroxylation sites is 1. The van der Waals surface area contributed by atoms with E-state index < -0.39 is 30.1 Å². The lowest BCUT2D eigenvalue weighted by atomic mass is 10.0. The first kappa shape index (κ1) is 22.7. The van der Waals surface area contributed by atoms with Crippen molar-refractivity contribution in [2.45, 2.75) is 31.2 Å². The molecule has 0 radical (unpaired) electrons. The fourth-order valence-electron chi connectivity index (χ4n) is 3.07. The zero-order valence-corrected chi connectivity index (χ0v) is 17.3. The maximum absolute atomic E-state index is 13.7. The third-order valence-electron chi connectivity index (χ3n) is 4.67. The van der Waals surface area contributed by atoms with Crippen molar-refractivity contribution in [3.05, 3.63) is 77.1 Å². The lowest BCUT2D eigenvalue weighted by Crippen LogP contribution is -2.50. The maximum Gasteiger partial charge on any atom is 0.319 e. The van der Waals surface area contributed by atoms with Gasteiger partial charge in [0.2, 0.25) is 5.91 Å². The molecule has 0 aromatic heterocycles. The lowest BCUT2D eigenvalue weighted by Gasteiger charge is -2.31. The van der Waals surface area contributed by atoms with E-state index in [2.05, 4.69) is 16.0 Å². The fourth-order valence-corrected chi connectivity index (χ4v) is 3.19. The molecule has 9 heteroatoms. The number of amides is 3. The van der Waals surface area contributed by atoms with Crippen LogP contribution in [-0.4, -0.2) is 41.9 Å². The predicted molar refractivity (Wildman–Crippen MR) is 115 cm³/mol. The highest BCUT2D eigenvalue weighted by atomic mass is 35.5. The van der Waals surface area contributed by atoms with Crippen molar-refractivity contribution in [2.75, 3.05) is 11.9 Å². The molecule has 0 unspecified atom stereocenters. The number of urea groups is 1. The van der Waals surface area contributed by atoms with Crippen LogP contribution in [0.1, 0.15) is 12.0 Å². The van der Waals surface area contributed by atoms with E-state index in [0.717, 1.165) is 5.56 Å². The van der Waals surface area contributed by atoms with Crippen LogP contribution in [0.25, 0.3) is 0 Å². The van der Waals surface area contributed by atoms with E-state index in [-0.39, 0.29) is 24.6 Å². The largest absolute Gasteiger partial charge is 0.394 e. The van der Waals surface area contributed by atoms with Crippen molar-refractivity contribution in [3.8, 4) is 0 Å². The number of carbonyl (C=O) groups excluding carboxylic acids is 2. The fraction of sp³-hybridized carbons (Fsp3) is 0.273. The topological polar surface area (TPSA) is 99.7 Å². The van der Waals surface area contributed by atoms with E-state index in [4.69, 9.17) is 16.3 Å². The molecule has 2 aromatic carbocycles. The molecule has 0 fully saturated rings. The molecule has 0 saturated heterocycles. The van der Waals surface area contributed by atoms with Gasteiger partial charge in [-0.05, 0) is 29.8 Å². The van der Waals surface area contributed by atoms with Crippen LogP contribution in [0.4, 0.5) is 14.9 Å². The Balaban J connectivity index is 1.49. The first-order valence-electron chi connectivity index (χ1n) is 9.72.